The van der Waals surface area contributed by atoms with Crippen LogP contribution >= 0.6 is 11.3 Å². The summed E-state index contributed by atoms with van der Waals surface area (Å²) in [5.41, 5.74) is 5.34. The van der Waals surface area contributed by atoms with E-state index < -0.39 is 53.6 Å². The van der Waals surface area contributed by atoms with Crippen LogP contribution in [0.5, 0.6) is 0 Å². The lowest BCUT2D eigenvalue weighted by Gasteiger charge is -2.38. The lowest BCUT2D eigenvalue weighted by atomic mass is 9.76. The van der Waals surface area contributed by atoms with Crippen LogP contribution in [-0.4, -0.2) is 107 Å². The number of likely N-dealkylation sites (tertiary alicyclic amines) is 1. The number of carbonyl (C=O) groups is 6. The van der Waals surface area contributed by atoms with Crippen molar-refractivity contribution in [3.63, 3.8) is 0 Å². The second-order valence-electron chi connectivity index (χ2n) is 16.4. The molecule has 4 heterocycles. The number of benzene rings is 1. The van der Waals surface area contributed by atoms with E-state index in [1.165, 1.54) is 17.0 Å². The first-order valence-electron chi connectivity index (χ1n) is 20.3. The number of hydrogen-bond donors (Lipinski definition) is 3. The molecule has 306 valence electrons. The van der Waals surface area contributed by atoms with Crippen LogP contribution in [0.3, 0.4) is 0 Å². The van der Waals surface area contributed by atoms with Crippen molar-refractivity contribution < 1.29 is 37.5 Å². The van der Waals surface area contributed by atoms with Crippen LogP contribution in [0.15, 0.2) is 24.3 Å². The maximum atomic E-state index is 14.3. The summed E-state index contributed by atoms with van der Waals surface area (Å²) in [6, 6.07) is 2.52. The first-order valence-corrected chi connectivity index (χ1v) is 21.1. The number of ketones is 1. The zero-order valence-electron chi connectivity index (χ0n) is 32.5. The predicted molar refractivity (Wildman–Crippen MR) is 209 cm³/mol. The van der Waals surface area contributed by atoms with E-state index in [0.29, 0.717) is 49.1 Å². The van der Waals surface area contributed by atoms with Gasteiger partial charge in [-0.2, -0.15) is 0 Å². The molecule has 3 saturated heterocycles. The Bertz CT molecular complexity index is 1790. The third kappa shape index (κ3) is 9.93. The van der Waals surface area contributed by atoms with Gasteiger partial charge in [0.25, 0.3) is 11.8 Å². The number of rotatable bonds is 13. The van der Waals surface area contributed by atoms with Crippen LogP contribution < -0.4 is 16.4 Å². The molecule has 12 nitrogen and oxygen atoms in total. The Morgan fingerprint density at radius 2 is 1.66 bits per heavy atom. The SMILES string of the molecule is CN1CC[C@H](NC(=O)c2cc3cc(C(C)(F)F)ccc3s2)C(=O)N2[C@H](CC[C@H]2C(=O)N[C@@H](CCC(N)=O)C(=O)C[C@H](C(=O)N2CCCCC2)C2CCCCC2)C1. The van der Waals surface area contributed by atoms with Gasteiger partial charge in [0.1, 0.15) is 12.1 Å². The van der Waals surface area contributed by atoms with Gasteiger partial charge in [-0.1, -0.05) is 25.3 Å². The van der Waals surface area contributed by atoms with Crippen molar-refractivity contribution in [1.29, 1.82) is 0 Å². The van der Waals surface area contributed by atoms with Crippen LogP contribution in [-0.2, 0) is 29.9 Å². The van der Waals surface area contributed by atoms with E-state index in [9.17, 15) is 37.5 Å². The minimum absolute atomic E-state index is 0.00472. The summed E-state index contributed by atoms with van der Waals surface area (Å²) in [4.78, 5) is 87.9. The van der Waals surface area contributed by atoms with E-state index >= 15 is 0 Å². The molecule has 0 bridgehead atoms. The summed E-state index contributed by atoms with van der Waals surface area (Å²) in [5, 5.41) is 6.25. The first kappa shape index (κ1) is 41.6. The van der Waals surface area contributed by atoms with Crippen molar-refractivity contribution >= 4 is 56.7 Å². The maximum absolute atomic E-state index is 14.3. The molecule has 5 amide bonds. The molecule has 3 aliphatic heterocycles. The van der Waals surface area contributed by atoms with Gasteiger partial charge in [-0.3, -0.25) is 28.8 Å². The second kappa shape index (κ2) is 18.1. The van der Waals surface area contributed by atoms with Crippen molar-refractivity contribution in [2.24, 2.45) is 17.6 Å². The summed E-state index contributed by atoms with van der Waals surface area (Å²) in [6.45, 7) is 3.19. The Kier molecular flexibility index (Phi) is 13.4. The molecule has 0 spiro atoms. The van der Waals surface area contributed by atoms with Crippen LogP contribution in [0.25, 0.3) is 10.1 Å². The topological polar surface area (TPSA) is 162 Å². The molecule has 15 heteroatoms. The van der Waals surface area contributed by atoms with Gasteiger partial charge in [-0.15, -0.1) is 11.3 Å². The number of halogens is 2. The van der Waals surface area contributed by atoms with E-state index in [4.69, 9.17) is 5.73 Å². The standard InChI is InChI=1S/C41H56F2N6O6S/c1-41(42,43)27-11-15-34-26(21-27)22-35(56-34)38(53)46-31-17-20-47(2)24-28-12-14-32(49(28)40(31)55)37(52)45-30(13-16-36(44)51)33(50)23-29(25-9-5-3-6-10-25)39(54)48-18-7-4-8-19-48/h11,15,21-22,25,28-32H,3-10,12-14,16-20,23-24H2,1-2H3,(H2,44,51)(H,45,52)(H,46,53)/t28-,29+,30+,31+,32+/m1/s1. The number of piperidine rings is 1. The molecule has 2 aromatic rings. The van der Waals surface area contributed by atoms with Gasteiger partial charge in [0.05, 0.1) is 10.9 Å². The van der Waals surface area contributed by atoms with E-state index in [1.807, 2.05) is 11.9 Å². The number of alkyl halides is 2. The predicted octanol–water partition coefficient (Wildman–Crippen LogP) is 4.73. The number of hydrogen-bond acceptors (Lipinski definition) is 8. The van der Waals surface area contributed by atoms with Gasteiger partial charge < -0.3 is 31.1 Å². The lowest BCUT2D eigenvalue weighted by Crippen LogP contribution is -2.60. The van der Waals surface area contributed by atoms with Crippen molar-refractivity contribution in [3.05, 3.63) is 34.7 Å². The highest BCUT2D eigenvalue weighted by atomic mass is 32.1. The fourth-order valence-corrected chi connectivity index (χ4v) is 10.1. The second-order valence-corrected chi connectivity index (χ2v) is 17.5. The van der Waals surface area contributed by atoms with Crippen molar-refractivity contribution in [1.82, 2.24) is 25.3 Å². The number of fused-ring (bicyclic) bond motifs is 2. The molecular weight excluding hydrogens is 743 g/mol. The summed E-state index contributed by atoms with van der Waals surface area (Å²) in [5.74, 6) is -5.87. The third-order valence-corrected chi connectivity index (χ3v) is 13.4. The molecule has 1 aromatic carbocycles. The molecular formula is C41H56F2N6O6S. The number of primary amides is 1. The van der Waals surface area contributed by atoms with E-state index in [1.54, 1.807) is 12.1 Å². The molecule has 5 atom stereocenters. The number of nitrogens with two attached hydrogens (primary N) is 1. The number of thiophene rings is 1. The molecule has 4 N–H and O–H groups in total. The normalized spacial score (nSPS) is 23.9. The fourth-order valence-electron chi connectivity index (χ4n) is 9.12. The van der Waals surface area contributed by atoms with Gasteiger partial charge in [0.2, 0.25) is 23.6 Å². The number of amides is 5. The van der Waals surface area contributed by atoms with Crippen LogP contribution in [0.4, 0.5) is 8.78 Å². The Morgan fingerprint density at radius 3 is 2.36 bits per heavy atom. The fraction of sp³-hybridized carbons (Fsp3) is 0.659. The summed E-state index contributed by atoms with van der Waals surface area (Å²) < 4.78 is 28.6. The highest BCUT2D eigenvalue weighted by Gasteiger charge is 2.46. The van der Waals surface area contributed by atoms with E-state index in [-0.39, 0.29) is 59.8 Å². The molecule has 6 rings (SSSR count). The third-order valence-electron chi connectivity index (χ3n) is 12.2. The van der Waals surface area contributed by atoms with Gasteiger partial charge >= 0.3 is 0 Å². The largest absolute Gasteiger partial charge is 0.370 e. The van der Waals surface area contributed by atoms with Crippen LogP contribution in [0.1, 0.15) is 112 Å². The van der Waals surface area contributed by atoms with Crippen LogP contribution in [0.2, 0.25) is 0 Å². The van der Waals surface area contributed by atoms with Crippen molar-refractivity contribution in [2.75, 3.05) is 33.2 Å². The number of nitrogens with zero attached hydrogens (tertiary/aromatic N) is 3. The highest BCUT2D eigenvalue weighted by molar-refractivity contribution is 7.20. The van der Waals surface area contributed by atoms with E-state index in [0.717, 1.165) is 69.6 Å². The molecule has 0 radical (unpaired) electrons. The summed E-state index contributed by atoms with van der Waals surface area (Å²) in [7, 11) is 1.92. The zero-order valence-corrected chi connectivity index (χ0v) is 33.4. The minimum atomic E-state index is -3.04. The Labute approximate surface area is 331 Å². The van der Waals surface area contributed by atoms with Gasteiger partial charge in [0.15, 0.2) is 5.78 Å². The monoisotopic (exact) mass is 798 g/mol. The summed E-state index contributed by atoms with van der Waals surface area (Å²) in [6.07, 6.45) is 8.71. The Morgan fingerprint density at radius 1 is 0.946 bits per heavy atom. The number of Topliss-reactive ketones (excluding diaryl/α,β-unsaturated/α-hetero) is 1. The van der Waals surface area contributed by atoms with Gasteiger partial charge in [0, 0.05) is 68.2 Å². The zero-order chi connectivity index (χ0) is 40.1. The highest BCUT2D eigenvalue weighted by Crippen LogP contribution is 2.36. The molecule has 4 aliphatic rings. The van der Waals surface area contributed by atoms with Gasteiger partial charge in [-0.25, -0.2) is 8.78 Å². The quantitative estimate of drug-likeness (QED) is 0.264. The number of likely N-dealkylation sites (N-methyl/N-ethyl adjacent to an activating group) is 1. The first-order chi connectivity index (χ1) is 26.7. The van der Waals surface area contributed by atoms with Crippen LogP contribution in [0, 0.1) is 11.8 Å². The van der Waals surface area contributed by atoms with Gasteiger partial charge in [-0.05, 0) is 94.3 Å². The lowest BCUT2D eigenvalue weighted by molar-refractivity contribution is -0.144. The average Bonchev–Trinajstić information content (AvgIpc) is 3.80. The molecule has 1 aliphatic carbocycles. The number of carbonyl (C=O) groups excluding carboxylic acids is 6. The molecule has 4 fully saturated rings. The average molecular weight is 799 g/mol. The smallest absolute Gasteiger partial charge is 0.270 e. The van der Waals surface area contributed by atoms with Crippen molar-refractivity contribution in [2.45, 2.75) is 127 Å². The Hall–Kier alpha value is -3.98. The minimum Gasteiger partial charge on any atom is -0.370 e. The molecule has 0 unspecified atom stereocenters. The maximum Gasteiger partial charge on any atom is 0.270 e. The molecule has 1 aromatic heterocycles. The van der Waals surface area contributed by atoms with Crippen molar-refractivity contribution in [3.8, 4) is 0 Å². The van der Waals surface area contributed by atoms with E-state index in [2.05, 4.69) is 15.5 Å². The number of nitrogens with one attached hydrogen (secondary N) is 2. The summed E-state index contributed by atoms with van der Waals surface area (Å²) >= 11 is 1.14. The molecule has 1 saturated carbocycles. The molecule has 56 heavy (non-hydrogen) atoms. The Balaban J connectivity index is 1.18.